The first kappa shape index (κ1) is 16.1. The molecule has 0 aromatic carbocycles. The number of nitrogens with one attached hydrogen (secondary N) is 2. The second kappa shape index (κ2) is 6.74. The van der Waals surface area contributed by atoms with Crippen LogP contribution >= 0.6 is 0 Å². The topological polar surface area (TPSA) is 91.6 Å². The highest BCUT2D eigenvalue weighted by Crippen LogP contribution is 2.45. The third-order valence-corrected chi connectivity index (χ3v) is 4.87. The number of carbonyl (C=O) groups is 2. The lowest BCUT2D eigenvalue weighted by atomic mass is 9.94. The molecular weight excluding hydrogens is 296 g/mol. The highest BCUT2D eigenvalue weighted by atomic mass is 16.4. The summed E-state index contributed by atoms with van der Waals surface area (Å²) in [5, 5.41) is 16.2. The molecule has 1 heterocycles. The fourth-order valence-corrected chi connectivity index (χ4v) is 3.31. The molecule has 3 rings (SSSR count). The molecule has 6 nitrogen and oxygen atoms in total. The minimum absolute atomic E-state index is 0.0118. The van der Waals surface area contributed by atoms with Gasteiger partial charge in [0.05, 0.1) is 12.8 Å². The van der Waals surface area contributed by atoms with Gasteiger partial charge in [-0.1, -0.05) is 19.3 Å². The molecular formula is C17H24N2O4. The van der Waals surface area contributed by atoms with Gasteiger partial charge in [-0.3, -0.25) is 9.59 Å². The van der Waals surface area contributed by atoms with Crippen LogP contribution in [0.4, 0.5) is 0 Å². The van der Waals surface area contributed by atoms with Crippen LogP contribution in [0.15, 0.2) is 22.8 Å². The van der Waals surface area contributed by atoms with Gasteiger partial charge in [0.15, 0.2) is 0 Å². The van der Waals surface area contributed by atoms with Crippen molar-refractivity contribution in [3.63, 3.8) is 0 Å². The van der Waals surface area contributed by atoms with Gasteiger partial charge >= 0.3 is 11.8 Å². The lowest BCUT2D eigenvalue weighted by molar-refractivity contribution is -0.140. The zero-order valence-electron chi connectivity index (χ0n) is 13.2. The molecule has 1 aromatic rings. The number of furan rings is 1. The van der Waals surface area contributed by atoms with Crippen LogP contribution in [-0.2, 0) is 15.2 Å². The average molecular weight is 320 g/mol. The first-order valence-corrected chi connectivity index (χ1v) is 8.44. The first-order chi connectivity index (χ1) is 11.1. The Labute approximate surface area is 135 Å². The minimum Gasteiger partial charge on any atom is -0.466 e. The second-order valence-corrected chi connectivity index (χ2v) is 6.67. The van der Waals surface area contributed by atoms with E-state index in [-0.39, 0.29) is 18.5 Å². The first-order valence-electron chi connectivity index (χ1n) is 8.44. The molecule has 2 aliphatic carbocycles. The molecule has 0 aliphatic heterocycles. The van der Waals surface area contributed by atoms with Crippen molar-refractivity contribution in [2.24, 2.45) is 5.92 Å². The summed E-state index contributed by atoms with van der Waals surface area (Å²) in [5.74, 6) is -0.806. The maximum Gasteiger partial charge on any atom is 0.309 e. The highest BCUT2D eigenvalue weighted by Gasteiger charge is 2.47. The molecule has 1 atom stereocenters. The quantitative estimate of drug-likeness (QED) is 0.716. The van der Waals surface area contributed by atoms with Crippen LogP contribution in [-0.4, -0.2) is 29.5 Å². The summed E-state index contributed by atoms with van der Waals surface area (Å²) in [4.78, 5) is 24.0. The third-order valence-electron chi connectivity index (χ3n) is 4.87. The minimum atomic E-state index is -1.23. The number of hydrogen-bond acceptors (Lipinski definition) is 4. The molecule has 0 saturated heterocycles. The molecule has 126 valence electrons. The summed E-state index contributed by atoms with van der Waals surface area (Å²) < 4.78 is 5.31. The van der Waals surface area contributed by atoms with E-state index in [0.29, 0.717) is 5.76 Å². The van der Waals surface area contributed by atoms with E-state index in [0.717, 1.165) is 38.5 Å². The van der Waals surface area contributed by atoms with Crippen LogP contribution < -0.4 is 10.6 Å². The van der Waals surface area contributed by atoms with Crippen LogP contribution in [0.25, 0.3) is 0 Å². The normalized spacial score (nSPS) is 21.4. The molecule has 2 saturated carbocycles. The molecule has 23 heavy (non-hydrogen) atoms. The monoisotopic (exact) mass is 320 g/mol. The molecule has 0 bridgehead atoms. The van der Waals surface area contributed by atoms with E-state index in [1.54, 1.807) is 12.1 Å². The van der Waals surface area contributed by atoms with Gasteiger partial charge in [0.2, 0.25) is 0 Å². The molecule has 1 unspecified atom stereocenters. The zero-order valence-corrected chi connectivity index (χ0v) is 13.2. The van der Waals surface area contributed by atoms with Crippen molar-refractivity contribution in [2.75, 3.05) is 6.54 Å². The lowest BCUT2D eigenvalue weighted by Gasteiger charge is -2.26. The van der Waals surface area contributed by atoms with E-state index >= 15 is 0 Å². The fraction of sp³-hybridized carbons (Fsp3) is 0.647. The lowest BCUT2D eigenvalue weighted by Crippen LogP contribution is -2.49. The number of rotatable bonds is 5. The summed E-state index contributed by atoms with van der Waals surface area (Å²) in [6.07, 6.45) is 8.51. The van der Waals surface area contributed by atoms with Gasteiger partial charge in [-0.15, -0.1) is 0 Å². The smallest absolute Gasteiger partial charge is 0.309 e. The van der Waals surface area contributed by atoms with E-state index in [1.165, 1.54) is 12.7 Å². The van der Waals surface area contributed by atoms with Crippen LogP contribution in [0.3, 0.4) is 0 Å². The third kappa shape index (κ3) is 3.75. The molecule has 0 spiro atoms. The van der Waals surface area contributed by atoms with E-state index in [1.807, 2.05) is 0 Å². The molecule has 2 fully saturated rings. The fourth-order valence-electron chi connectivity index (χ4n) is 3.31. The number of amides is 2. The van der Waals surface area contributed by atoms with Gasteiger partial charge in [-0.05, 0) is 43.7 Å². The molecule has 2 amide bonds. The Morgan fingerprint density at radius 2 is 1.91 bits per heavy atom. The van der Waals surface area contributed by atoms with Gasteiger partial charge < -0.3 is 20.2 Å². The van der Waals surface area contributed by atoms with Crippen molar-refractivity contribution in [1.29, 1.82) is 0 Å². The maximum atomic E-state index is 12.0. The largest absolute Gasteiger partial charge is 0.466 e. The predicted octanol–water partition coefficient (Wildman–Crippen LogP) is 1.44. The van der Waals surface area contributed by atoms with Gasteiger partial charge in [0.25, 0.3) is 0 Å². The van der Waals surface area contributed by atoms with Gasteiger partial charge in [0, 0.05) is 6.04 Å². The Balaban J connectivity index is 1.53. The molecule has 3 N–H and O–H groups in total. The SMILES string of the molecule is O=C(NCC(O)(c1ccco1)C1CC1)C(=O)NC1CCCCC1. The predicted molar refractivity (Wildman–Crippen MR) is 83.4 cm³/mol. The summed E-state index contributed by atoms with van der Waals surface area (Å²) >= 11 is 0. The maximum absolute atomic E-state index is 12.0. The number of aliphatic hydroxyl groups is 1. The Morgan fingerprint density at radius 3 is 2.52 bits per heavy atom. The Morgan fingerprint density at radius 1 is 1.17 bits per heavy atom. The summed E-state index contributed by atoms with van der Waals surface area (Å²) in [6, 6.07) is 3.50. The standard InChI is InChI=1S/C17H24N2O4/c20-15(16(21)19-13-5-2-1-3-6-13)18-11-17(22,12-8-9-12)14-7-4-10-23-14/h4,7,10,12-13,22H,1-3,5-6,8-9,11H2,(H,18,20)(H,19,21). The molecule has 2 aliphatic rings. The Hall–Kier alpha value is -1.82. The van der Waals surface area contributed by atoms with Crippen LogP contribution in [0.5, 0.6) is 0 Å². The van der Waals surface area contributed by atoms with Crippen molar-refractivity contribution in [2.45, 2.75) is 56.6 Å². The Bertz CT molecular complexity index is 547. The highest BCUT2D eigenvalue weighted by molar-refractivity contribution is 6.35. The van der Waals surface area contributed by atoms with E-state index < -0.39 is 17.4 Å². The van der Waals surface area contributed by atoms with Crippen LogP contribution in [0.1, 0.15) is 50.7 Å². The second-order valence-electron chi connectivity index (χ2n) is 6.67. The summed E-state index contributed by atoms with van der Waals surface area (Å²) in [7, 11) is 0. The van der Waals surface area contributed by atoms with E-state index in [4.69, 9.17) is 4.42 Å². The summed E-state index contributed by atoms with van der Waals surface area (Å²) in [5.41, 5.74) is -1.23. The molecule has 1 aromatic heterocycles. The van der Waals surface area contributed by atoms with E-state index in [2.05, 4.69) is 10.6 Å². The average Bonchev–Trinajstić information content (AvgIpc) is 3.28. The van der Waals surface area contributed by atoms with Crippen molar-refractivity contribution >= 4 is 11.8 Å². The molecule has 6 heteroatoms. The summed E-state index contributed by atoms with van der Waals surface area (Å²) in [6.45, 7) is -0.0118. The van der Waals surface area contributed by atoms with E-state index in [9.17, 15) is 14.7 Å². The van der Waals surface area contributed by atoms with Crippen LogP contribution in [0, 0.1) is 5.92 Å². The van der Waals surface area contributed by atoms with Crippen LogP contribution in [0.2, 0.25) is 0 Å². The number of hydrogen-bond donors (Lipinski definition) is 3. The van der Waals surface area contributed by atoms with Crippen molar-refractivity contribution < 1.29 is 19.1 Å². The van der Waals surface area contributed by atoms with Gasteiger partial charge in [-0.2, -0.15) is 0 Å². The number of carbonyl (C=O) groups excluding carboxylic acids is 2. The van der Waals surface area contributed by atoms with Crippen molar-refractivity contribution in [3.05, 3.63) is 24.2 Å². The van der Waals surface area contributed by atoms with Gasteiger partial charge in [-0.25, -0.2) is 0 Å². The zero-order chi connectivity index (χ0) is 16.3. The molecule has 0 radical (unpaired) electrons. The van der Waals surface area contributed by atoms with Gasteiger partial charge in [0.1, 0.15) is 11.4 Å². The Kier molecular flexibility index (Phi) is 4.71. The van der Waals surface area contributed by atoms with Crippen molar-refractivity contribution in [3.8, 4) is 0 Å². The van der Waals surface area contributed by atoms with Crippen molar-refractivity contribution in [1.82, 2.24) is 10.6 Å².